The predicted octanol–water partition coefficient (Wildman–Crippen LogP) is 0.821. The number of piperazine rings is 1. The van der Waals surface area contributed by atoms with Gasteiger partial charge in [0.25, 0.3) is 0 Å². The Morgan fingerprint density at radius 3 is 2.94 bits per heavy atom. The van der Waals surface area contributed by atoms with Crippen molar-refractivity contribution < 1.29 is 9.18 Å². The molecule has 0 aliphatic carbocycles. The van der Waals surface area contributed by atoms with Gasteiger partial charge in [-0.25, -0.2) is 4.39 Å². The summed E-state index contributed by atoms with van der Waals surface area (Å²) in [6.07, 6.45) is 0.829. The van der Waals surface area contributed by atoms with E-state index in [0.717, 1.165) is 6.42 Å². The molecule has 0 spiro atoms. The van der Waals surface area contributed by atoms with Gasteiger partial charge in [0, 0.05) is 18.3 Å². The molecule has 1 amide bonds. The van der Waals surface area contributed by atoms with E-state index < -0.39 is 0 Å². The molecule has 18 heavy (non-hydrogen) atoms. The van der Waals surface area contributed by atoms with Crippen molar-refractivity contribution in [3.63, 3.8) is 0 Å². The Morgan fingerprint density at radius 2 is 2.28 bits per heavy atom. The third kappa shape index (κ3) is 2.68. The second-order valence-electron chi connectivity index (χ2n) is 4.63. The minimum atomic E-state index is -0.324. The van der Waals surface area contributed by atoms with Crippen molar-refractivity contribution >= 4 is 11.6 Å². The number of halogens is 1. The van der Waals surface area contributed by atoms with Gasteiger partial charge >= 0.3 is 0 Å². The first-order valence-electron chi connectivity index (χ1n) is 6.08. The smallest absolute Gasteiger partial charge is 0.241 e. The summed E-state index contributed by atoms with van der Waals surface area (Å²) >= 11 is 0. The molecule has 1 heterocycles. The SMILES string of the molecule is CN1CC(=O)N(c2cccc(F)c2)CC1CCN. The Bertz CT molecular complexity index is 438. The molecule has 1 aromatic carbocycles. The lowest BCUT2D eigenvalue weighted by Gasteiger charge is -2.39. The molecule has 1 saturated heterocycles. The molecule has 0 aromatic heterocycles. The van der Waals surface area contributed by atoms with Crippen LogP contribution in [0.15, 0.2) is 24.3 Å². The zero-order valence-corrected chi connectivity index (χ0v) is 10.5. The van der Waals surface area contributed by atoms with Crippen molar-refractivity contribution in [3.8, 4) is 0 Å². The molecule has 1 unspecified atom stereocenters. The molecule has 0 saturated carbocycles. The Labute approximate surface area is 106 Å². The Balaban J connectivity index is 2.19. The van der Waals surface area contributed by atoms with Crippen molar-refractivity contribution in [2.75, 3.05) is 31.6 Å². The molecule has 98 valence electrons. The molecule has 2 rings (SSSR count). The highest BCUT2D eigenvalue weighted by Crippen LogP contribution is 2.21. The van der Waals surface area contributed by atoms with Crippen LogP contribution in [0.5, 0.6) is 0 Å². The van der Waals surface area contributed by atoms with Crippen LogP contribution < -0.4 is 10.6 Å². The summed E-state index contributed by atoms with van der Waals surface area (Å²) in [7, 11) is 1.92. The Hall–Kier alpha value is -1.46. The van der Waals surface area contributed by atoms with Gasteiger partial charge in [-0.2, -0.15) is 0 Å². The maximum absolute atomic E-state index is 13.2. The summed E-state index contributed by atoms with van der Waals surface area (Å²) in [4.78, 5) is 15.6. The standard InChI is InChI=1S/C13H18FN3O/c1-16-9-13(18)17(8-12(16)5-6-15)11-4-2-3-10(14)7-11/h2-4,7,12H,5-6,8-9,15H2,1H3. The maximum atomic E-state index is 13.2. The van der Waals surface area contributed by atoms with E-state index in [-0.39, 0.29) is 17.8 Å². The molecular weight excluding hydrogens is 233 g/mol. The van der Waals surface area contributed by atoms with Crippen molar-refractivity contribution in [3.05, 3.63) is 30.1 Å². The molecule has 5 heteroatoms. The van der Waals surface area contributed by atoms with E-state index >= 15 is 0 Å². The monoisotopic (exact) mass is 251 g/mol. The van der Waals surface area contributed by atoms with E-state index in [1.807, 2.05) is 11.9 Å². The van der Waals surface area contributed by atoms with E-state index in [9.17, 15) is 9.18 Å². The molecule has 0 bridgehead atoms. The quantitative estimate of drug-likeness (QED) is 0.865. The number of rotatable bonds is 3. The Kier molecular flexibility index (Phi) is 3.93. The molecule has 1 fully saturated rings. The van der Waals surface area contributed by atoms with Gasteiger partial charge in [0.2, 0.25) is 5.91 Å². The predicted molar refractivity (Wildman–Crippen MR) is 68.8 cm³/mol. The van der Waals surface area contributed by atoms with Crippen molar-refractivity contribution in [1.29, 1.82) is 0 Å². The molecule has 4 nitrogen and oxygen atoms in total. The highest BCUT2D eigenvalue weighted by molar-refractivity contribution is 5.95. The van der Waals surface area contributed by atoms with Crippen LogP contribution in [0.4, 0.5) is 10.1 Å². The highest BCUT2D eigenvalue weighted by atomic mass is 19.1. The van der Waals surface area contributed by atoms with Crippen molar-refractivity contribution in [2.24, 2.45) is 5.73 Å². The number of likely N-dealkylation sites (N-methyl/N-ethyl adjacent to an activating group) is 1. The molecule has 1 aliphatic heterocycles. The lowest BCUT2D eigenvalue weighted by Crippen LogP contribution is -2.55. The number of carbonyl (C=O) groups excluding carboxylic acids is 1. The first-order chi connectivity index (χ1) is 8.61. The van der Waals surface area contributed by atoms with E-state index in [4.69, 9.17) is 5.73 Å². The number of amides is 1. The van der Waals surface area contributed by atoms with E-state index in [0.29, 0.717) is 25.3 Å². The van der Waals surface area contributed by atoms with Crippen LogP contribution in [0.1, 0.15) is 6.42 Å². The molecule has 1 aromatic rings. The fourth-order valence-corrected chi connectivity index (χ4v) is 2.28. The van der Waals surface area contributed by atoms with E-state index in [1.165, 1.54) is 12.1 Å². The summed E-state index contributed by atoms with van der Waals surface area (Å²) in [5.74, 6) is -0.328. The number of nitrogens with zero attached hydrogens (tertiary/aromatic N) is 2. The average Bonchev–Trinajstić information content (AvgIpc) is 2.33. The fraction of sp³-hybridized carbons (Fsp3) is 0.462. The molecule has 2 N–H and O–H groups in total. The van der Waals surface area contributed by atoms with Crippen LogP contribution in [0.3, 0.4) is 0 Å². The third-order valence-corrected chi connectivity index (χ3v) is 3.32. The summed E-state index contributed by atoms with van der Waals surface area (Å²) in [6, 6.07) is 6.38. The summed E-state index contributed by atoms with van der Waals surface area (Å²) < 4.78 is 13.2. The number of benzene rings is 1. The molecule has 1 aliphatic rings. The molecule has 0 radical (unpaired) electrons. The number of nitrogens with two attached hydrogens (primary N) is 1. The normalized spacial score (nSPS) is 21.4. The highest BCUT2D eigenvalue weighted by Gasteiger charge is 2.30. The summed E-state index contributed by atoms with van der Waals surface area (Å²) in [5, 5.41) is 0. The number of hydrogen-bond acceptors (Lipinski definition) is 3. The second-order valence-corrected chi connectivity index (χ2v) is 4.63. The minimum absolute atomic E-state index is 0.00336. The van der Waals surface area contributed by atoms with Gasteiger partial charge in [-0.3, -0.25) is 9.69 Å². The largest absolute Gasteiger partial charge is 0.330 e. The van der Waals surface area contributed by atoms with E-state index in [2.05, 4.69) is 0 Å². The van der Waals surface area contributed by atoms with Gasteiger partial charge < -0.3 is 10.6 Å². The van der Waals surface area contributed by atoms with Gasteiger partial charge in [-0.15, -0.1) is 0 Å². The number of anilines is 1. The van der Waals surface area contributed by atoms with Crippen molar-refractivity contribution in [1.82, 2.24) is 4.90 Å². The average molecular weight is 251 g/mol. The fourth-order valence-electron chi connectivity index (χ4n) is 2.28. The van der Waals surface area contributed by atoms with Crippen molar-refractivity contribution in [2.45, 2.75) is 12.5 Å². The lowest BCUT2D eigenvalue weighted by molar-refractivity contribution is -0.122. The van der Waals surface area contributed by atoms with Gasteiger partial charge in [-0.05, 0) is 38.2 Å². The van der Waals surface area contributed by atoms with Crippen LogP contribution >= 0.6 is 0 Å². The lowest BCUT2D eigenvalue weighted by atomic mass is 10.1. The third-order valence-electron chi connectivity index (χ3n) is 3.32. The van der Waals surface area contributed by atoms with Crippen LogP contribution in [0.2, 0.25) is 0 Å². The van der Waals surface area contributed by atoms with Gasteiger partial charge in [0.05, 0.1) is 6.54 Å². The minimum Gasteiger partial charge on any atom is -0.330 e. The molecular formula is C13H18FN3O. The summed E-state index contributed by atoms with van der Waals surface area (Å²) in [6.45, 7) is 1.50. The van der Waals surface area contributed by atoms with Gasteiger partial charge in [0.1, 0.15) is 5.82 Å². The second kappa shape index (κ2) is 5.46. The maximum Gasteiger partial charge on any atom is 0.241 e. The van der Waals surface area contributed by atoms with Gasteiger partial charge in [0.15, 0.2) is 0 Å². The number of carbonyl (C=O) groups is 1. The first kappa shape index (κ1) is 13.0. The van der Waals surface area contributed by atoms with Crippen LogP contribution in [0, 0.1) is 5.82 Å². The zero-order valence-electron chi connectivity index (χ0n) is 10.5. The Morgan fingerprint density at radius 1 is 1.50 bits per heavy atom. The zero-order chi connectivity index (χ0) is 13.1. The van der Waals surface area contributed by atoms with Gasteiger partial charge in [-0.1, -0.05) is 6.07 Å². The summed E-state index contributed by atoms with van der Waals surface area (Å²) in [5.41, 5.74) is 6.19. The molecule has 1 atom stereocenters. The van der Waals surface area contributed by atoms with Crippen LogP contribution in [-0.4, -0.2) is 43.5 Å². The number of hydrogen-bond donors (Lipinski definition) is 1. The van der Waals surface area contributed by atoms with Crippen LogP contribution in [0.25, 0.3) is 0 Å². The first-order valence-corrected chi connectivity index (χ1v) is 6.08. The topological polar surface area (TPSA) is 49.6 Å². The van der Waals surface area contributed by atoms with Crippen LogP contribution in [-0.2, 0) is 4.79 Å². The van der Waals surface area contributed by atoms with E-state index in [1.54, 1.807) is 17.0 Å².